The fraction of sp³-hybridized carbons (Fsp3) is 0.412. The standard InChI is InChI=1S/C17H22ClNS/c1-3-9-19-12-15(11-16-7-8-17(18)20-16)14-6-4-5-13(2)10-14/h4-8,10,15,19H,3,9,11-12H2,1-2H3. The summed E-state index contributed by atoms with van der Waals surface area (Å²) in [5.41, 5.74) is 2.74. The molecule has 2 aromatic rings. The quantitative estimate of drug-likeness (QED) is 0.707. The van der Waals surface area contributed by atoms with Gasteiger partial charge in [0.2, 0.25) is 0 Å². The lowest BCUT2D eigenvalue weighted by Crippen LogP contribution is -2.23. The van der Waals surface area contributed by atoms with E-state index in [1.165, 1.54) is 22.4 Å². The second kappa shape index (κ2) is 7.82. The maximum Gasteiger partial charge on any atom is 0.0931 e. The lowest BCUT2D eigenvalue weighted by molar-refractivity contribution is 0.579. The molecule has 1 nitrogen and oxygen atoms in total. The topological polar surface area (TPSA) is 12.0 Å². The molecule has 1 aromatic carbocycles. The van der Waals surface area contributed by atoms with Gasteiger partial charge in [-0.2, -0.15) is 0 Å². The van der Waals surface area contributed by atoms with Gasteiger partial charge in [0.25, 0.3) is 0 Å². The molecule has 0 spiro atoms. The zero-order chi connectivity index (χ0) is 14.4. The van der Waals surface area contributed by atoms with Gasteiger partial charge >= 0.3 is 0 Å². The van der Waals surface area contributed by atoms with Crippen LogP contribution in [-0.2, 0) is 6.42 Å². The Kier molecular flexibility index (Phi) is 6.08. The van der Waals surface area contributed by atoms with Crippen molar-refractivity contribution in [1.82, 2.24) is 5.32 Å². The molecule has 3 heteroatoms. The summed E-state index contributed by atoms with van der Waals surface area (Å²) < 4.78 is 0.879. The number of rotatable bonds is 7. The lowest BCUT2D eigenvalue weighted by Gasteiger charge is -2.18. The predicted octanol–water partition coefficient (Wildman–Crippen LogP) is 5.04. The minimum atomic E-state index is 0.510. The highest BCUT2D eigenvalue weighted by Crippen LogP contribution is 2.28. The molecular formula is C17H22ClNS. The van der Waals surface area contributed by atoms with E-state index in [1.807, 2.05) is 6.07 Å². The molecule has 1 heterocycles. The van der Waals surface area contributed by atoms with Crippen LogP contribution in [0.4, 0.5) is 0 Å². The summed E-state index contributed by atoms with van der Waals surface area (Å²) in [5, 5.41) is 3.55. The summed E-state index contributed by atoms with van der Waals surface area (Å²) in [5.74, 6) is 0.510. The average molecular weight is 308 g/mol. The Morgan fingerprint density at radius 3 is 2.75 bits per heavy atom. The SMILES string of the molecule is CCCNCC(Cc1ccc(Cl)s1)c1cccc(C)c1. The van der Waals surface area contributed by atoms with E-state index in [0.717, 1.165) is 23.8 Å². The third-order valence-corrected chi connectivity index (χ3v) is 4.66. The average Bonchev–Trinajstić information content (AvgIpc) is 2.83. The lowest BCUT2D eigenvalue weighted by atomic mass is 9.93. The molecule has 0 radical (unpaired) electrons. The Bertz CT molecular complexity index is 535. The first-order chi connectivity index (χ1) is 9.69. The van der Waals surface area contributed by atoms with Gasteiger partial charge in [-0.15, -0.1) is 11.3 Å². The fourth-order valence-corrected chi connectivity index (χ4v) is 3.56. The molecule has 20 heavy (non-hydrogen) atoms. The predicted molar refractivity (Wildman–Crippen MR) is 90.1 cm³/mol. The molecule has 0 aliphatic carbocycles. The van der Waals surface area contributed by atoms with Gasteiger partial charge in [0.05, 0.1) is 4.34 Å². The van der Waals surface area contributed by atoms with Crippen LogP contribution in [-0.4, -0.2) is 13.1 Å². The second-order valence-electron chi connectivity index (χ2n) is 5.23. The van der Waals surface area contributed by atoms with Crippen molar-refractivity contribution in [3.8, 4) is 0 Å². The Hall–Kier alpha value is -0.830. The molecule has 0 saturated heterocycles. The number of aryl methyl sites for hydroxylation is 1. The molecular weight excluding hydrogens is 286 g/mol. The molecule has 0 aliphatic rings. The van der Waals surface area contributed by atoms with E-state index in [4.69, 9.17) is 11.6 Å². The van der Waals surface area contributed by atoms with Crippen molar-refractivity contribution in [1.29, 1.82) is 0 Å². The Morgan fingerprint density at radius 1 is 1.25 bits per heavy atom. The van der Waals surface area contributed by atoms with Crippen molar-refractivity contribution in [2.75, 3.05) is 13.1 Å². The molecule has 2 rings (SSSR count). The van der Waals surface area contributed by atoms with Crippen LogP contribution in [0.1, 0.15) is 35.3 Å². The second-order valence-corrected chi connectivity index (χ2v) is 7.02. The molecule has 0 saturated carbocycles. The van der Waals surface area contributed by atoms with Gasteiger partial charge in [-0.3, -0.25) is 0 Å². The van der Waals surface area contributed by atoms with Crippen LogP contribution in [0.2, 0.25) is 4.34 Å². The van der Waals surface area contributed by atoms with Gasteiger partial charge < -0.3 is 5.32 Å². The minimum absolute atomic E-state index is 0.510. The van der Waals surface area contributed by atoms with E-state index in [1.54, 1.807) is 11.3 Å². The van der Waals surface area contributed by atoms with Crippen LogP contribution in [0.25, 0.3) is 0 Å². The van der Waals surface area contributed by atoms with Crippen LogP contribution in [0, 0.1) is 6.92 Å². The molecule has 108 valence electrons. The molecule has 1 N–H and O–H groups in total. The first-order valence-electron chi connectivity index (χ1n) is 7.20. The number of halogens is 1. The van der Waals surface area contributed by atoms with Gasteiger partial charge in [0.1, 0.15) is 0 Å². The summed E-state index contributed by atoms with van der Waals surface area (Å²) in [6, 6.07) is 13.0. The maximum absolute atomic E-state index is 6.04. The highest BCUT2D eigenvalue weighted by atomic mass is 35.5. The number of thiophene rings is 1. The van der Waals surface area contributed by atoms with E-state index in [2.05, 4.69) is 49.5 Å². The zero-order valence-electron chi connectivity index (χ0n) is 12.2. The third-order valence-electron chi connectivity index (χ3n) is 3.41. The van der Waals surface area contributed by atoms with E-state index in [0.29, 0.717) is 5.92 Å². The Labute approximate surface area is 131 Å². The van der Waals surface area contributed by atoms with E-state index in [9.17, 15) is 0 Å². The summed E-state index contributed by atoms with van der Waals surface area (Å²) in [7, 11) is 0. The van der Waals surface area contributed by atoms with Crippen molar-refractivity contribution in [2.24, 2.45) is 0 Å². The molecule has 1 atom stereocenters. The first-order valence-corrected chi connectivity index (χ1v) is 8.40. The molecule has 1 unspecified atom stereocenters. The molecule has 0 amide bonds. The van der Waals surface area contributed by atoms with E-state index < -0.39 is 0 Å². The van der Waals surface area contributed by atoms with Crippen molar-refractivity contribution < 1.29 is 0 Å². The summed E-state index contributed by atoms with van der Waals surface area (Å²) in [6.45, 7) is 6.45. The van der Waals surface area contributed by atoms with Crippen LogP contribution < -0.4 is 5.32 Å². The fourth-order valence-electron chi connectivity index (χ4n) is 2.39. The Balaban J connectivity index is 2.11. The normalized spacial score (nSPS) is 12.6. The summed E-state index contributed by atoms with van der Waals surface area (Å²) >= 11 is 7.74. The number of hydrogen-bond acceptors (Lipinski definition) is 2. The van der Waals surface area contributed by atoms with Crippen LogP contribution in [0.5, 0.6) is 0 Å². The van der Waals surface area contributed by atoms with E-state index >= 15 is 0 Å². The molecule has 0 fully saturated rings. The number of hydrogen-bond donors (Lipinski definition) is 1. The van der Waals surface area contributed by atoms with Crippen molar-refractivity contribution in [2.45, 2.75) is 32.6 Å². The van der Waals surface area contributed by atoms with Gasteiger partial charge in [-0.05, 0) is 44.0 Å². The van der Waals surface area contributed by atoms with Crippen molar-refractivity contribution >= 4 is 22.9 Å². The molecule has 1 aromatic heterocycles. The van der Waals surface area contributed by atoms with Crippen molar-refractivity contribution in [3.63, 3.8) is 0 Å². The summed E-state index contributed by atoms with van der Waals surface area (Å²) in [4.78, 5) is 1.36. The first kappa shape index (κ1) is 15.6. The monoisotopic (exact) mass is 307 g/mol. The van der Waals surface area contributed by atoms with Gasteiger partial charge in [0, 0.05) is 17.3 Å². The van der Waals surface area contributed by atoms with Crippen molar-refractivity contribution in [3.05, 3.63) is 56.7 Å². The Morgan fingerprint density at radius 2 is 2.10 bits per heavy atom. The van der Waals surface area contributed by atoms with Crippen LogP contribution in [0.3, 0.4) is 0 Å². The largest absolute Gasteiger partial charge is 0.316 e. The van der Waals surface area contributed by atoms with E-state index in [-0.39, 0.29) is 0 Å². The highest BCUT2D eigenvalue weighted by Gasteiger charge is 2.13. The molecule has 0 bridgehead atoms. The van der Waals surface area contributed by atoms with Gasteiger partial charge in [-0.25, -0.2) is 0 Å². The zero-order valence-corrected chi connectivity index (χ0v) is 13.7. The van der Waals surface area contributed by atoms with Crippen LogP contribution in [0.15, 0.2) is 36.4 Å². The minimum Gasteiger partial charge on any atom is -0.316 e. The summed E-state index contributed by atoms with van der Waals surface area (Å²) in [6.07, 6.45) is 2.23. The van der Waals surface area contributed by atoms with Gasteiger partial charge in [-0.1, -0.05) is 48.4 Å². The molecule has 0 aliphatic heterocycles. The van der Waals surface area contributed by atoms with Crippen LogP contribution >= 0.6 is 22.9 Å². The smallest absolute Gasteiger partial charge is 0.0931 e. The number of nitrogens with one attached hydrogen (secondary N) is 1. The van der Waals surface area contributed by atoms with Gasteiger partial charge in [0.15, 0.2) is 0 Å². The number of benzene rings is 1. The third kappa shape index (κ3) is 4.62. The highest BCUT2D eigenvalue weighted by molar-refractivity contribution is 7.16. The maximum atomic E-state index is 6.04.